The third-order valence-corrected chi connectivity index (χ3v) is 2.57. The first-order valence-electron chi connectivity index (χ1n) is 4.61. The van der Waals surface area contributed by atoms with E-state index >= 15 is 0 Å². The molecule has 0 amide bonds. The first kappa shape index (κ1) is 8.95. The van der Waals surface area contributed by atoms with E-state index in [-0.39, 0.29) is 0 Å². The molecule has 2 aromatic carbocycles. The molecule has 0 aliphatic heterocycles. The number of carbonyl (C=O) groups excluding carboxylic acids is 1. The molecular formula is C13H11O. The van der Waals surface area contributed by atoms with Gasteiger partial charge in [-0.25, -0.2) is 0 Å². The van der Waals surface area contributed by atoms with Crippen molar-refractivity contribution in [2.45, 2.75) is 13.8 Å². The molecule has 1 heteroatoms. The van der Waals surface area contributed by atoms with Crippen LogP contribution in [-0.4, -0.2) is 6.29 Å². The highest BCUT2D eigenvalue weighted by molar-refractivity contribution is 6.01. The lowest BCUT2D eigenvalue weighted by molar-refractivity contribution is 0.563. The summed E-state index contributed by atoms with van der Waals surface area (Å²) in [6, 6.07) is 9.79. The van der Waals surface area contributed by atoms with Crippen LogP contribution >= 0.6 is 0 Å². The summed E-state index contributed by atoms with van der Waals surface area (Å²) in [6.45, 7) is 4.12. The van der Waals surface area contributed by atoms with Crippen LogP contribution in [0.1, 0.15) is 16.7 Å². The predicted octanol–water partition coefficient (Wildman–Crippen LogP) is 2.91. The van der Waals surface area contributed by atoms with Crippen LogP contribution in [0.2, 0.25) is 0 Å². The normalized spacial score (nSPS) is 10.4. The molecule has 0 N–H and O–H groups in total. The summed E-state index contributed by atoms with van der Waals surface area (Å²) >= 11 is 0. The zero-order valence-electron chi connectivity index (χ0n) is 8.29. The smallest absolute Gasteiger partial charge is 0.234 e. The zero-order chi connectivity index (χ0) is 10.1. The fraction of sp³-hybridized carbons (Fsp3) is 0.154. The Morgan fingerprint density at radius 1 is 1.00 bits per heavy atom. The molecule has 0 saturated heterocycles. The first-order valence-corrected chi connectivity index (χ1v) is 4.61. The quantitative estimate of drug-likeness (QED) is 0.664. The highest BCUT2D eigenvalue weighted by Gasteiger charge is 2.04. The van der Waals surface area contributed by atoms with Crippen LogP contribution in [0.15, 0.2) is 30.3 Å². The molecule has 0 fully saturated rings. The summed E-state index contributed by atoms with van der Waals surface area (Å²) in [5, 5.41) is 2.17. The Morgan fingerprint density at radius 3 is 2.43 bits per heavy atom. The minimum atomic E-state index is 0.648. The number of aryl methyl sites for hydroxylation is 2. The molecule has 0 unspecified atom stereocenters. The van der Waals surface area contributed by atoms with E-state index in [9.17, 15) is 4.79 Å². The summed E-state index contributed by atoms with van der Waals surface area (Å²) in [7, 11) is 0. The summed E-state index contributed by atoms with van der Waals surface area (Å²) in [5.41, 5.74) is 3.06. The van der Waals surface area contributed by atoms with E-state index in [0.717, 1.165) is 5.39 Å². The first-order chi connectivity index (χ1) is 6.74. The molecule has 2 aromatic rings. The van der Waals surface area contributed by atoms with Gasteiger partial charge in [0, 0.05) is 5.56 Å². The second-order valence-electron chi connectivity index (χ2n) is 3.53. The molecule has 0 bridgehead atoms. The van der Waals surface area contributed by atoms with Gasteiger partial charge in [0.1, 0.15) is 0 Å². The average Bonchev–Trinajstić information content (AvgIpc) is 2.18. The Labute approximate surface area is 83.4 Å². The molecule has 0 aliphatic rings. The van der Waals surface area contributed by atoms with Gasteiger partial charge in [-0.15, -0.1) is 0 Å². The Bertz CT molecular complexity index is 490. The zero-order valence-corrected chi connectivity index (χ0v) is 8.29. The van der Waals surface area contributed by atoms with Crippen molar-refractivity contribution in [1.82, 2.24) is 0 Å². The Balaban J connectivity index is 2.98. The molecular weight excluding hydrogens is 172 g/mol. The van der Waals surface area contributed by atoms with Gasteiger partial charge in [-0.1, -0.05) is 24.3 Å². The summed E-state index contributed by atoms with van der Waals surface area (Å²) in [5.74, 6) is 0. The van der Waals surface area contributed by atoms with Crippen molar-refractivity contribution in [1.29, 1.82) is 0 Å². The van der Waals surface area contributed by atoms with Gasteiger partial charge in [0.25, 0.3) is 0 Å². The Kier molecular flexibility index (Phi) is 2.08. The van der Waals surface area contributed by atoms with E-state index in [0.29, 0.717) is 5.56 Å². The third-order valence-electron chi connectivity index (χ3n) is 2.57. The Hall–Kier alpha value is -1.63. The van der Waals surface area contributed by atoms with Gasteiger partial charge in [-0.2, -0.15) is 0 Å². The number of benzene rings is 2. The molecule has 0 heterocycles. The monoisotopic (exact) mass is 183 g/mol. The third kappa shape index (κ3) is 1.22. The fourth-order valence-electron chi connectivity index (χ4n) is 1.89. The van der Waals surface area contributed by atoms with Crippen LogP contribution in [-0.2, 0) is 4.79 Å². The number of hydrogen-bond acceptors (Lipinski definition) is 1. The van der Waals surface area contributed by atoms with E-state index in [4.69, 9.17) is 0 Å². The SMILES string of the molecule is Cc1cccc2c([C]=O)ccc(C)c12. The molecule has 0 spiro atoms. The minimum absolute atomic E-state index is 0.648. The highest BCUT2D eigenvalue weighted by Crippen LogP contribution is 2.24. The van der Waals surface area contributed by atoms with Crippen molar-refractivity contribution < 1.29 is 4.79 Å². The maximum atomic E-state index is 10.7. The predicted molar refractivity (Wildman–Crippen MR) is 58.2 cm³/mol. The number of rotatable bonds is 1. The van der Waals surface area contributed by atoms with E-state index in [2.05, 4.69) is 19.9 Å². The Morgan fingerprint density at radius 2 is 1.71 bits per heavy atom. The van der Waals surface area contributed by atoms with Gasteiger partial charge >= 0.3 is 0 Å². The van der Waals surface area contributed by atoms with Gasteiger partial charge in [0.15, 0.2) is 0 Å². The van der Waals surface area contributed by atoms with Crippen molar-refractivity contribution in [3.05, 3.63) is 47.0 Å². The second-order valence-corrected chi connectivity index (χ2v) is 3.53. The van der Waals surface area contributed by atoms with E-state index in [1.54, 1.807) is 0 Å². The number of hydrogen-bond donors (Lipinski definition) is 0. The lowest BCUT2D eigenvalue weighted by Gasteiger charge is -2.06. The average molecular weight is 183 g/mol. The molecule has 14 heavy (non-hydrogen) atoms. The maximum Gasteiger partial charge on any atom is 0.234 e. The molecule has 2 rings (SSSR count). The lowest BCUT2D eigenvalue weighted by atomic mass is 9.97. The van der Waals surface area contributed by atoms with Gasteiger partial charge in [0.2, 0.25) is 6.29 Å². The van der Waals surface area contributed by atoms with E-state index in [1.807, 2.05) is 30.6 Å². The largest absolute Gasteiger partial charge is 0.285 e. The highest BCUT2D eigenvalue weighted by atomic mass is 16.1. The minimum Gasteiger partial charge on any atom is -0.285 e. The second kappa shape index (κ2) is 3.26. The standard InChI is InChI=1S/C13H11O/c1-9-4-3-5-12-11(8-14)7-6-10(2)13(9)12/h3-7H,1-2H3. The van der Waals surface area contributed by atoms with Crippen LogP contribution in [0.5, 0.6) is 0 Å². The van der Waals surface area contributed by atoms with Gasteiger partial charge in [0.05, 0.1) is 0 Å². The summed E-state index contributed by atoms with van der Waals surface area (Å²) in [4.78, 5) is 10.7. The van der Waals surface area contributed by atoms with Gasteiger partial charge in [-0.3, -0.25) is 4.79 Å². The lowest BCUT2D eigenvalue weighted by Crippen LogP contribution is -1.88. The van der Waals surface area contributed by atoms with Crippen molar-refractivity contribution >= 4 is 17.1 Å². The van der Waals surface area contributed by atoms with Crippen molar-refractivity contribution in [3.8, 4) is 0 Å². The van der Waals surface area contributed by atoms with E-state index in [1.165, 1.54) is 16.5 Å². The topological polar surface area (TPSA) is 17.1 Å². The molecule has 0 aliphatic carbocycles. The van der Waals surface area contributed by atoms with Crippen LogP contribution in [0.4, 0.5) is 0 Å². The van der Waals surface area contributed by atoms with Crippen LogP contribution < -0.4 is 0 Å². The number of fused-ring (bicyclic) bond motifs is 1. The van der Waals surface area contributed by atoms with E-state index < -0.39 is 0 Å². The van der Waals surface area contributed by atoms with Crippen molar-refractivity contribution in [2.24, 2.45) is 0 Å². The summed E-state index contributed by atoms with van der Waals surface area (Å²) in [6.07, 6.45) is 1.97. The molecule has 69 valence electrons. The van der Waals surface area contributed by atoms with Crippen molar-refractivity contribution in [2.75, 3.05) is 0 Å². The van der Waals surface area contributed by atoms with Gasteiger partial charge in [-0.05, 0) is 41.8 Å². The molecule has 0 atom stereocenters. The van der Waals surface area contributed by atoms with Crippen LogP contribution in [0.25, 0.3) is 10.8 Å². The van der Waals surface area contributed by atoms with Crippen LogP contribution in [0.3, 0.4) is 0 Å². The summed E-state index contributed by atoms with van der Waals surface area (Å²) < 4.78 is 0. The molecule has 0 aromatic heterocycles. The van der Waals surface area contributed by atoms with Gasteiger partial charge < -0.3 is 0 Å². The molecule has 1 nitrogen and oxygen atoms in total. The van der Waals surface area contributed by atoms with Crippen molar-refractivity contribution in [3.63, 3.8) is 0 Å². The molecule has 0 saturated carbocycles. The van der Waals surface area contributed by atoms with Crippen LogP contribution in [0, 0.1) is 13.8 Å². The maximum absolute atomic E-state index is 10.7. The molecule has 1 radical (unpaired) electrons. The fourth-order valence-corrected chi connectivity index (χ4v) is 1.89.